The normalized spacial score (nSPS) is 11.0. The lowest BCUT2D eigenvalue weighted by atomic mass is 10.1. The number of ether oxygens (including phenoxy) is 2. The first-order chi connectivity index (χ1) is 15.1. The van der Waals surface area contributed by atoms with Gasteiger partial charge in [-0.05, 0) is 67.7 Å². The lowest BCUT2D eigenvalue weighted by molar-refractivity contribution is -0.131. The molecule has 3 nitrogen and oxygen atoms in total. The largest absolute Gasteiger partial charge is 0.488 e. The Morgan fingerprint density at radius 2 is 1.58 bits per heavy atom. The predicted molar refractivity (Wildman–Crippen MR) is 129 cm³/mol. The molecule has 0 radical (unpaired) electrons. The molecule has 0 unspecified atom stereocenters. The molecule has 0 aliphatic rings. The van der Waals surface area contributed by atoms with Gasteiger partial charge >= 0.3 is 5.97 Å². The zero-order valence-corrected chi connectivity index (χ0v) is 18.6. The summed E-state index contributed by atoms with van der Waals surface area (Å²) in [5.74, 6) is 1.05. The van der Waals surface area contributed by atoms with E-state index in [0.29, 0.717) is 12.4 Å². The van der Waals surface area contributed by atoms with Crippen LogP contribution in [0.2, 0.25) is 0 Å². The van der Waals surface area contributed by atoms with Crippen molar-refractivity contribution in [2.75, 3.05) is 0 Å². The van der Waals surface area contributed by atoms with Gasteiger partial charge in [0.25, 0.3) is 0 Å². The summed E-state index contributed by atoms with van der Waals surface area (Å²) in [6.45, 7) is 1.92. The van der Waals surface area contributed by atoms with Gasteiger partial charge in [-0.2, -0.15) is 0 Å². The van der Waals surface area contributed by atoms with Crippen LogP contribution in [-0.2, 0) is 11.4 Å². The highest BCUT2D eigenvalue weighted by Gasteiger charge is 2.07. The van der Waals surface area contributed by atoms with Gasteiger partial charge in [0.2, 0.25) is 0 Å². The lowest BCUT2D eigenvalue weighted by Crippen LogP contribution is -2.00. The minimum Gasteiger partial charge on any atom is -0.488 e. The molecule has 0 N–H and O–H groups in total. The van der Waals surface area contributed by atoms with E-state index in [-0.39, 0.29) is 5.97 Å². The van der Waals surface area contributed by atoms with E-state index in [1.165, 1.54) is 6.92 Å². The summed E-state index contributed by atoms with van der Waals surface area (Å²) >= 11 is 3.70. The minimum atomic E-state index is -0.320. The molecule has 4 rings (SSSR count). The molecule has 0 bridgehead atoms. The molecule has 4 aromatic carbocycles. The Bertz CT molecular complexity index is 1230. The maximum atomic E-state index is 11.0. The molecular weight excluding hydrogens is 452 g/mol. The standard InChI is InChI=1S/C27H21BrO3/c1-19(29)31-24-13-9-20(10-14-24)7-8-21-11-15-25-23(17-21)12-16-26(27(25)28)30-18-22-5-3-2-4-6-22/h2-17H,18H2,1H3/b8-7+. The van der Waals surface area contributed by atoms with Crippen molar-refractivity contribution in [2.45, 2.75) is 13.5 Å². The van der Waals surface area contributed by atoms with Crippen LogP contribution < -0.4 is 9.47 Å². The maximum absolute atomic E-state index is 11.0. The average Bonchev–Trinajstić information content (AvgIpc) is 2.78. The Kier molecular flexibility index (Phi) is 6.48. The number of fused-ring (bicyclic) bond motifs is 1. The molecule has 0 fully saturated rings. The molecule has 0 atom stereocenters. The Balaban J connectivity index is 1.49. The van der Waals surface area contributed by atoms with Gasteiger partial charge in [-0.1, -0.05) is 72.8 Å². The van der Waals surface area contributed by atoms with Gasteiger partial charge in [-0.25, -0.2) is 0 Å². The van der Waals surface area contributed by atoms with E-state index in [2.05, 4.69) is 58.4 Å². The Morgan fingerprint density at radius 1 is 0.871 bits per heavy atom. The zero-order chi connectivity index (χ0) is 21.6. The van der Waals surface area contributed by atoms with Crippen LogP contribution in [0.25, 0.3) is 22.9 Å². The highest BCUT2D eigenvalue weighted by atomic mass is 79.9. The van der Waals surface area contributed by atoms with Crippen LogP contribution in [0.1, 0.15) is 23.6 Å². The lowest BCUT2D eigenvalue weighted by Gasteiger charge is -2.11. The van der Waals surface area contributed by atoms with Crippen molar-refractivity contribution in [3.63, 3.8) is 0 Å². The molecule has 31 heavy (non-hydrogen) atoms. The van der Waals surface area contributed by atoms with Gasteiger partial charge in [0.05, 0.1) is 4.47 Å². The van der Waals surface area contributed by atoms with Crippen LogP contribution >= 0.6 is 15.9 Å². The summed E-state index contributed by atoms with van der Waals surface area (Å²) in [4.78, 5) is 11.0. The van der Waals surface area contributed by atoms with Crippen molar-refractivity contribution in [3.8, 4) is 11.5 Å². The molecule has 4 heteroatoms. The van der Waals surface area contributed by atoms with Gasteiger partial charge in [0.15, 0.2) is 0 Å². The first-order valence-electron chi connectivity index (χ1n) is 9.94. The van der Waals surface area contributed by atoms with Crippen LogP contribution in [0.15, 0.2) is 89.4 Å². The first kappa shape index (κ1) is 20.9. The second kappa shape index (κ2) is 9.63. The van der Waals surface area contributed by atoms with E-state index in [4.69, 9.17) is 9.47 Å². The summed E-state index contributed by atoms with van der Waals surface area (Å²) < 4.78 is 12.0. The van der Waals surface area contributed by atoms with Gasteiger partial charge in [-0.15, -0.1) is 0 Å². The SMILES string of the molecule is CC(=O)Oc1ccc(/C=C/c2ccc3c(Br)c(OCc4ccccc4)ccc3c2)cc1. The number of carbonyl (C=O) groups excluding carboxylic acids is 1. The predicted octanol–water partition coefficient (Wildman–Crippen LogP) is 7.28. The number of hydrogen-bond acceptors (Lipinski definition) is 3. The fourth-order valence-corrected chi connectivity index (χ4v) is 3.85. The first-order valence-corrected chi connectivity index (χ1v) is 10.7. The quantitative estimate of drug-likeness (QED) is 0.168. The van der Waals surface area contributed by atoms with Gasteiger partial charge in [0.1, 0.15) is 18.1 Å². The second-order valence-corrected chi connectivity index (χ2v) is 7.92. The maximum Gasteiger partial charge on any atom is 0.308 e. The van der Waals surface area contributed by atoms with Crippen molar-refractivity contribution in [1.82, 2.24) is 0 Å². The molecule has 0 aliphatic heterocycles. The van der Waals surface area contributed by atoms with Gasteiger partial charge < -0.3 is 9.47 Å². The molecule has 0 amide bonds. The molecule has 0 spiro atoms. The number of rotatable bonds is 6. The Hall–Kier alpha value is -3.37. The van der Waals surface area contributed by atoms with E-state index in [1.54, 1.807) is 12.1 Å². The topological polar surface area (TPSA) is 35.5 Å². The third-order valence-corrected chi connectivity index (χ3v) is 5.61. The van der Waals surface area contributed by atoms with Crippen molar-refractivity contribution >= 4 is 44.8 Å². The fourth-order valence-electron chi connectivity index (χ4n) is 3.25. The van der Waals surface area contributed by atoms with E-state index < -0.39 is 0 Å². The van der Waals surface area contributed by atoms with E-state index in [1.807, 2.05) is 42.5 Å². The number of carbonyl (C=O) groups is 1. The van der Waals surface area contributed by atoms with Gasteiger partial charge in [-0.3, -0.25) is 4.79 Å². The van der Waals surface area contributed by atoms with Crippen molar-refractivity contribution in [3.05, 3.63) is 106 Å². The molecular formula is C27H21BrO3. The number of benzene rings is 4. The minimum absolute atomic E-state index is 0.320. The number of esters is 1. The third kappa shape index (κ3) is 5.41. The van der Waals surface area contributed by atoms with Gasteiger partial charge in [0, 0.05) is 6.92 Å². The van der Waals surface area contributed by atoms with Crippen molar-refractivity contribution in [2.24, 2.45) is 0 Å². The van der Waals surface area contributed by atoms with Crippen LogP contribution in [0, 0.1) is 0 Å². The van der Waals surface area contributed by atoms with E-state index >= 15 is 0 Å². The number of halogens is 1. The van der Waals surface area contributed by atoms with Crippen LogP contribution in [0.4, 0.5) is 0 Å². The average molecular weight is 473 g/mol. The van der Waals surface area contributed by atoms with Crippen LogP contribution in [0.3, 0.4) is 0 Å². The summed E-state index contributed by atoms with van der Waals surface area (Å²) in [6.07, 6.45) is 4.10. The van der Waals surface area contributed by atoms with Crippen LogP contribution in [-0.4, -0.2) is 5.97 Å². The second-order valence-electron chi connectivity index (χ2n) is 7.13. The highest BCUT2D eigenvalue weighted by molar-refractivity contribution is 9.10. The monoisotopic (exact) mass is 472 g/mol. The third-order valence-electron chi connectivity index (χ3n) is 4.79. The highest BCUT2D eigenvalue weighted by Crippen LogP contribution is 2.34. The Morgan fingerprint density at radius 3 is 2.32 bits per heavy atom. The van der Waals surface area contributed by atoms with E-state index in [9.17, 15) is 4.79 Å². The summed E-state index contributed by atoms with van der Waals surface area (Å²) in [5.41, 5.74) is 3.26. The molecule has 154 valence electrons. The molecule has 0 saturated heterocycles. The molecule has 4 aromatic rings. The molecule has 0 heterocycles. The Labute approximate surface area is 190 Å². The van der Waals surface area contributed by atoms with Crippen molar-refractivity contribution in [1.29, 1.82) is 0 Å². The molecule has 0 saturated carbocycles. The fraction of sp³-hybridized carbons (Fsp3) is 0.0741. The summed E-state index contributed by atoms with van der Waals surface area (Å²) in [7, 11) is 0. The zero-order valence-electron chi connectivity index (χ0n) is 17.0. The smallest absolute Gasteiger partial charge is 0.308 e. The van der Waals surface area contributed by atoms with Crippen LogP contribution in [0.5, 0.6) is 11.5 Å². The molecule has 0 aromatic heterocycles. The number of hydrogen-bond donors (Lipinski definition) is 0. The van der Waals surface area contributed by atoms with E-state index in [0.717, 1.165) is 37.7 Å². The summed E-state index contributed by atoms with van der Waals surface area (Å²) in [5, 5.41) is 2.24. The summed E-state index contributed by atoms with van der Waals surface area (Å²) in [6, 6.07) is 27.9. The van der Waals surface area contributed by atoms with Crippen molar-refractivity contribution < 1.29 is 14.3 Å². The molecule has 0 aliphatic carbocycles.